The van der Waals surface area contributed by atoms with Crippen LogP contribution in [-0.2, 0) is 28.8 Å². The van der Waals surface area contributed by atoms with Gasteiger partial charge in [0.05, 0.1) is 13.0 Å². The molecule has 14 heteroatoms. The smallest absolute Gasteiger partial charge is 0.325 e. The van der Waals surface area contributed by atoms with Crippen molar-refractivity contribution in [3.05, 3.63) is 0 Å². The predicted molar refractivity (Wildman–Crippen MR) is 96.4 cm³/mol. The first kappa shape index (κ1) is 25.7. The van der Waals surface area contributed by atoms with Crippen LogP contribution in [0.4, 0.5) is 0 Å². The Labute approximate surface area is 165 Å². The molecule has 0 fully saturated rings. The van der Waals surface area contributed by atoms with Gasteiger partial charge in [0, 0.05) is 6.42 Å². The van der Waals surface area contributed by atoms with Crippen molar-refractivity contribution in [1.29, 1.82) is 0 Å². The number of rotatable bonds is 13. The van der Waals surface area contributed by atoms with Gasteiger partial charge in [0.25, 0.3) is 0 Å². The summed E-state index contributed by atoms with van der Waals surface area (Å²) < 4.78 is 0. The molecule has 0 radical (unpaired) electrons. The summed E-state index contributed by atoms with van der Waals surface area (Å²) in [5.74, 6) is -5.97. The Kier molecular flexibility index (Phi) is 10.9. The fraction of sp³-hybridized carbons (Fsp3) is 0.600. The number of aliphatic carboxylic acids is 1. The van der Waals surface area contributed by atoms with Crippen LogP contribution in [0.1, 0.15) is 26.2 Å². The summed E-state index contributed by atoms with van der Waals surface area (Å²) in [7, 11) is 0. The second-order valence-corrected chi connectivity index (χ2v) is 6.16. The SMILES string of the molecule is CC(NC(=O)C(CCC(N)=O)NC(=O)C(CC(N)=O)NC(=O)C(N)CO)C(=O)O. The number of carboxylic acids is 1. The third-order valence-corrected chi connectivity index (χ3v) is 3.61. The van der Waals surface area contributed by atoms with E-state index in [4.69, 9.17) is 27.4 Å². The second-order valence-electron chi connectivity index (χ2n) is 6.16. The van der Waals surface area contributed by atoms with Crippen molar-refractivity contribution in [1.82, 2.24) is 16.0 Å². The van der Waals surface area contributed by atoms with Gasteiger partial charge in [0.1, 0.15) is 24.2 Å². The molecule has 164 valence electrons. The van der Waals surface area contributed by atoms with E-state index in [1.807, 2.05) is 0 Å². The molecule has 29 heavy (non-hydrogen) atoms. The summed E-state index contributed by atoms with van der Waals surface area (Å²) in [6, 6.07) is -5.59. The van der Waals surface area contributed by atoms with Crippen LogP contribution in [0.25, 0.3) is 0 Å². The van der Waals surface area contributed by atoms with Crippen LogP contribution in [-0.4, -0.2) is 76.5 Å². The molecular formula is C15H26N6O8. The number of carbonyl (C=O) groups excluding carboxylic acids is 5. The highest BCUT2D eigenvalue weighted by molar-refractivity contribution is 5.96. The van der Waals surface area contributed by atoms with Gasteiger partial charge in [-0.3, -0.25) is 28.8 Å². The largest absolute Gasteiger partial charge is 0.480 e. The lowest BCUT2D eigenvalue weighted by atomic mass is 10.1. The fourth-order valence-corrected chi connectivity index (χ4v) is 1.98. The third kappa shape index (κ3) is 10.0. The van der Waals surface area contributed by atoms with Gasteiger partial charge in [-0.05, 0) is 13.3 Å². The van der Waals surface area contributed by atoms with Crippen molar-refractivity contribution < 1.29 is 39.0 Å². The quantitative estimate of drug-likeness (QED) is 0.142. The topological polar surface area (TPSA) is 257 Å². The molecule has 0 saturated heterocycles. The molecule has 11 N–H and O–H groups in total. The first-order valence-electron chi connectivity index (χ1n) is 8.46. The Morgan fingerprint density at radius 1 is 0.862 bits per heavy atom. The van der Waals surface area contributed by atoms with Crippen LogP contribution in [0.15, 0.2) is 0 Å². The minimum atomic E-state index is -1.53. The van der Waals surface area contributed by atoms with Gasteiger partial charge < -0.3 is 43.4 Å². The zero-order chi connectivity index (χ0) is 22.7. The van der Waals surface area contributed by atoms with E-state index in [1.165, 1.54) is 6.92 Å². The summed E-state index contributed by atoms with van der Waals surface area (Å²) >= 11 is 0. The zero-order valence-electron chi connectivity index (χ0n) is 15.7. The van der Waals surface area contributed by atoms with E-state index in [-0.39, 0.29) is 12.8 Å². The minimum absolute atomic E-state index is 0.271. The summed E-state index contributed by atoms with van der Waals surface area (Å²) in [4.78, 5) is 69.6. The molecule has 4 atom stereocenters. The molecule has 4 unspecified atom stereocenters. The standard InChI is InChI=1S/C15H26N6O8/c1-6(15(28)29)19-13(26)8(2-3-10(17)23)20-14(27)9(4-11(18)24)21-12(25)7(16)5-22/h6-9,22H,2-5,16H2,1H3,(H2,17,23)(H2,18,24)(H,19,26)(H,20,27)(H,21,25)(H,28,29). The molecule has 0 aliphatic carbocycles. The van der Waals surface area contributed by atoms with Crippen molar-refractivity contribution in [2.45, 2.75) is 50.4 Å². The van der Waals surface area contributed by atoms with Gasteiger partial charge in [-0.15, -0.1) is 0 Å². The number of hydrogen-bond donors (Lipinski definition) is 8. The summed E-state index contributed by atoms with van der Waals surface area (Å²) in [6.07, 6.45) is -1.24. The van der Waals surface area contributed by atoms with Crippen molar-refractivity contribution >= 4 is 35.5 Å². The van der Waals surface area contributed by atoms with E-state index < -0.39 is 72.7 Å². The Balaban J connectivity index is 5.38. The highest BCUT2D eigenvalue weighted by atomic mass is 16.4. The van der Waals surface area contributed by atoms with Crippen LogP contribution < -0.4 is 33.2 Å². The lowest BCUT2D eigenvalue weighted by Gasteiger charge is -2.23. The summed E-state index contributed by atoms with van der Waals surface area (Å²) in [5.41, 5.74) is 15.4. The number of hydrogen-bond acceptors (Lipinski definition) is 8. The number of primary amides is 2. The van der Waals surface area contributed by atoms with Crippen LogP contribution in [0.5, 0.6) is 0 Å². The van der Waals surface area contributed by atoms with E-state index >= 15 is 0 Å². The normalized spacial score (nSPS) is 14.6. The second kappa shape index (κ2) is 12.2. The molecule has 0 aliphatic rings. The lowest BCUT2D eigenvalue weighted by Crippen LogP contribution is -2.58. The number of aliphatic hydroxyl groups is 1. The average Bonchev–Trinajstić information content (AvgIpc) is 2.62. The molecule has 0 aromatic rings. The molecule has 14 nitrogen and oxygen atoms in total. The highest BCUT2D eigenvalue weighted by Crippen LogP contribution is 2.02. The molecule has 0 bridgehead atoms. The number of amides is 5. The zero-order valence-corrected chi connectivity index (χ0v) is 15.7. The Bertz CT molecular complexity index is 655. The maximum atomic E-state index is 12.5. The van der Waals surface area contributed by atoms with Crippen LogP contribution in [0.3, 0.4) is 0 Å². The highest BCUT2D eigenvalue weighted by Gasteiger charge is 2.30. The van der Waals surface area contributed by atoms with Gasteiger partial charge in [-0.1, -0.05) is 0 Å². The number of carboxylic acid groups (broad SMARTS) is 1. The van der Waals surface area contributed by atoms with Crippen LogP contribution >= 0.6 is 0 Å². The van der Waals surface area contributed by atoms with Crippen molar-refractivity contribution in [3.63, 3.8) is 0 Å². The van der Waals surface area contributed by atoms with Crippen molar-refractivity contribution in [2.24, 2.45) is 17.2 Å². The molecule has 0 aromatic heterocycles. The van der Waals surface area contributed by atoms with Crippen molar-refractivity contribution in [3.8, 4) is 0 Å². The molecular weight excluding hydrogens is 392 g/mol. The van der Waals surface area contributed by atoms with Gasteiger partial charge in [-0.2, -0.15) is 0 Å². The Morgan fingerprint density at radius 3 is 1.83 bits per heavy atom. The van der Waals surface area contributed by atoms with Crippen LogP contribution in [0.2, 0.25) is 0 Å². The maximum absolute atomic E-state index is 12.5. The minimum Gasteiger partial charge on any atom is -0.480 e. The molecule has 0 aromatic carbocycles. The van der Waals surface area contributed by atoms with Crippen LogP contribution in [0, 0.1) is 0 Å². The van der Waals surface area contributed by atoms with Gasteiger partial charge >= 0.3 is 5.97 Å². The summed E-state index contributed by atoms with van der Waals surface area (Å²) in [5, 5.41) is 24.2. The van der Waals surface area contributed by atoms with E-state index in [9.17, 15) is 28.8 Å². The predicted octanol–water partition coefficient (Wildman–Crippen LogP) is -4.99. The van der Waals surface area contributed by atoms with Gasteiger partial charge in [0.15, 0.2) is 0 Å². The number of aliphatic hydroxyl groups excluding tert-OH is 1. The number of nitrogens with one attached hydrogen (secondary N) is 3. The van der Waals surface area contributed by atoms with Gasteiger partial charge in [-0.25, -0.2) is 0 Å². The van der Waals surface area contributed by atoms with E-state index in [1.54, 1.807) is 0 Å². The molecule has 0 heterocycles. The fourth-order valence-electron chi connectivity index (χ4n) is 1.98. The molecule has 0 saturated carbocycles. The number of carbonyl (C=O) groups is 6. The third-order valence-electron chi connectivity index (χ3n) is 3.61. The van der Waals surface area contributed by atoms with Gasteiger partial charge in [0.2, 0.25) is 29.5 Å². The lowest BCUT2D eigenvalue weighted by molar-refractivity contribution is -0.142. The van der Waals surface area contributed by atoms with Crippen molar-refractivity contribution in [2.75, 3.05) is 6.61 Å². The first-order chi connectivity index (χ1) is 13.4. The monoisotopic (exact) mass is 418 g/mol. The van der Waals surface area contributed by atoms with E-state index in [2.05, 4.69) is 16.0 Å². The molecule has 0 aliphatic heterocycles. The number of nitrogens with two attached hydrogens (primary N) is 3. The molecule has 0 spiro atoms. The van der Waals surface area contributed by atoms with E-state index in [0.717, 1.165) is 0 Å². The molecule has 0 rings (SSSR count). The average molecular weight is 418 g/mol. The first-order valence-corrected chi connectivity index (χ1v) is 8.46. The Morgan fingerprint density at radius 2 is 1.38 bits per heavy atom. The Hall–Kier alpha value is -3.26. The summed E-state index contributed by atoms with van der Waals surface area (Å²) in [6.45, 7) is 0.451. The maximum Gasteiger partial charge on any atom is 0.325 e. The van der Waals surface area contributed by atoms with E-state index in [0.29, 0.717) is 0 Å². The molecule has 5 amide bonds.